The normalized spacial score (nSPS) is 13.2. The third-order valence-electron chi connectivity index (χ3n) is 1.91. The molecule has 0 amide bonds. The SMILES string of the molecule is CCCCCCCSCC(O)CO. The van der Waals surface area contributed by atoms with Crippen molar-refractivity contribution in [1.29, 1.82) is 0 Å². The highest BCUT2D eigenvalue weighted by molar-refractivity contribution is 7.99. The fourth-order valence-corrected chi connectivity index (χ4v) is 2.03. The summed E-state index contributed by atoms with van der Waals surface area (Å²) in [5, 5.41) is 17.6. The molecule has 0 aliphatic rings. The molecule has 2 N–H and O–H groups in total. The number of unbranched alkanes of at least 4 members (excludes halogenated alkanes) is 4. The van der Waals surface area contributed by atoms with Crippen LogP contribution < -0.4 is 0 Å². The summed E-state index contributed by atoms with van der Waals surface area (Å²) >= 11 is 1.73. The van der Waals surface area contributed by atoms with Gasteiger partial charge in [-0.15, -0.1) is 0 Å². The number of thioether (sulfide) groups is 1. The first-order valence-corrected chi connectivity index (χ1v) is 6.33. The number of hydrogen-bond donors (Lipinski definition) is 2. The van der Waals surface area contributed by atoms with Gasteiger partial charge < -0.3 is 10.2 Å². The van der Waals surface area contributed by atoms with E-state index in [1.54, 1.807) is 11.8 Å². The van der Waals surface area contributed by atoms with Crippen LogP contribution in [0.5, 0.6) is 0 Å². The Hall–Kier alpha value is 0.270. The summed E-state index contributed by atoms with van der Waals surface area (Å²) in [5.74, 6) is 1.78. The van der Waals surface area contributed by atoms with Crippen LogP contribution in [0.3, 0.4) is 0 Å². The molecule has 0 rings (SSSR count). The van der Waals surface area contributed by atoms with Gasteiger partial charge in [-0.1, -0.05) is 32.6 Å². The topological polar surface area (TPSA) is 40.5 Å². The molecule has 0 aromatic rings. The quantitative estimate of drug-likeness (QED) is 0.567. The molecule has 2 nitrogen and oxygen atoms in total. The average Bonchev–Trinajstić information content (AvgIpc) is 2.16. The van der Waals surface area contributed by atoms with Crippen LogP contribution >= 0.6 is 11.8 Å². The summed E-state index contributed by atoms with van der Waals surface area (Å²) in [6.07, 6.45) is 5.97. The van der Waals surface area contributed by atoms with Crippen molar-refractivity contribution in [2.75, 3.05) is 18.1 Å². The van der Waals surface area contributed by atoms with Gasteiger partial charge in [0.1, 0.15) is 0 Å². The van der Waals surface area contributed by atoms with E-state index in [9.17, 15) is 0 Å². The van der Waals surface area contributed by atoms with Crippen LogP contribution in [-0.4, -0.2) is 34.4 Å². The van der Waals surface area contributed by atoms with Crippen LogP contribution in [-0.2, 0) is 0 Å². The van der Waals surface area contributed by atoms with Gasteiger partial charge in [0.25, 0.3) is 0 Å². The van der Waals surface area contributed by atoms with Gasteiger partial charge in [-0.25, -0.2) is 0 Å². The van der Waals surface area contributed by atoms with Crippen molar-refractivity contribution in [2.45, 2.75) is 45.1 Å². The van der Waals surface area contributed by atoms with Crippen LogP contribution in [0.2, 0.25) is 0 Å². The van der Waals surface area contributed by atoms with Crippen LogP contribution in [0.4, 0.5) is 0 Å². The van der Waals surface area contributed by atoms with Crippen molar-refractivity contribution < 1.29 is 10.2 Å². The molecular weight excluding hydrogens is 184 g/mol. The third kappa shape index (κ3) is 10.2. The summed E-state index contributed by atoms with van der Waals surface area (Å²) in [5.41, 5.74) is 0. The minimum Gasteiger partial charge on any atom is -0.394 e. The first-order valence-electron chi connectivity index (χ1n) is 5.18. The molecule has 0 saturated heterocycles. The lowest BCUT2D eigenvalue weighted by atomic mass is 10.2. The molecule has 0 aliphatic carbocycles. The van der Waals surface area contributed by atoms with E-state index in [4.69, 9.17) is 10.2 Å². The molecule has 0 aliphatic heterocycles. The number of aliphatic hydroxyl groups is 2. The van der Waals surface area contributed by atoms with Gasteiger partial charge in [-0.05, 0) is 12.2 Å². The molecule has 0 fully saturated rings. The van der Waals surface area contributed by atoms with Gasteiger partial charge in [0.05, 0.1) is 12.7 Å². The minimum atomic E-state index is -0.527. The Morgan fingerprint density at radius 3 is 2.46 bits per heavy atom. The fraction of sp³-hybridized carbons (Fsp3) is 1.00. The van der Waals surface area contributed by atoms with Gasteiger partial charge in [0.15, 0.2) is 0 Å². The molecular formula is C10H22O2S. The maximum Gasteiger partial charge on any atom is 0.0861 e. The molecule has 13 heavy (non-hydrogen) atoms. The first kappa shape index (κ1) is 13.3. The van der Waals surface area contributed by atoms with E-state index in [1.165, 1.54) is 32.1 Å². The smallest absolute Gasteiger partial charge is 0.0861 e. The monoisotopic (exact) mass is 206 g/mol. The van der Waals surface area contributed by atoms with Crippen molar-refractivity contribution in [2.24, 2.45) is 0 Å². The van der Waals surface area contributed by atoms with E-state index in [1.807, 2.05) is 0 Å². The molecule has 0 aromatic carbocycles. The zero-order chi connectivity index (χ0) is 9.94. The number of aliphatic hydroxyl groups excluding tert-OH is 2. The maximum atomic E-state index is 9.03. The Morgan fingerprint density at radius 2 is 1.85 bits per heavy atom. The van der Waals surface area contributed by atoms with Crippen molar-refractivity contribution in [3.05, 3.63) is 0 Å². The van der Waals surface area contributed by atoms with Crippen molar-refractivity contribution in [1.82, 2.24) is 0 Å². The van der Waals surface area contributed by atoms with E-state index in [-0.39, 0.29) is 6.61 Å². The standard InChI is InChI=1S/C10H22O2S/c1-2-3-4-5-6-7-13-9-10(12)8-11/h10-12H,2-9H2,1H3. The molecule has 0 heterocycles. The Bertz CT molecular complexity index is 98.9. The lowest BCUT2D eigenvalue weighted by Crippen LogP contribution is -2.14. The maximum absolute atomic E-state index is 9.03. The predicted octanol–water partition coefficient (Wildman–Crippen LogP) is 2.04. The van der Waals surface area contributed by atoms with Gasteiger partial charge in [-0.2, -0.15) is 11.8 Å². The summed E-state index contributed by atoms with van der Waals surface area (Å²) in [6.45, 7) is 2.11. The molecule has 0 aromatic heterocycles. The first-order chi connectivity index (χ1) is 6.31. The Morgan fingerprint density at radius 1 is 1.15 bits per heavy atom. The predicted molar refractivity (Wildman–Crippen MR) is 59.2 cm³/mol. The highest BCUT2D eigenvalue weighted by Crippen LogP contribution is 2.09. The molecule has 3 heteroatoms. The van der Waals surface area contributed by atoms with E-state index in [0.717, 1.165) is 5.75 Å². The summed E-state index contributed by atoms with van der Waals surface area (Å²) in [7, 11) is 0. The molecule has 80 valence electrons. The van der Waals surface area contributed by atoms with Gasteiger partial charge >= 0.3 is 0 Å². The summed E-state index contributed by atoms with van der Waals surface area (Å²) < 4.78 is 0. The molecule has 1 unspecified atom stereocenters. The molecule has 1 atom stereocenters. The Labute approximate surface area is 85.7 Å². The van der Waals surface area contributed by atoms with E-state index in [0.29, 0.717) is 5.75 Å². The average molecular weight is 206 g/mol. The van der Waals surface area contributed by atoms with Gasteiger partial charge in [-0.3, -0.25) is 0 Å². The number of rotatable bonds is 9. The molecule has 0 spiro atoms. The highest BCUT2D eigenvalue weighted by atomic mass is 32.2. The van der Waals surface area contributed by atoms with E-state index >= 15 is 0 Å². The zero-order valence-electron chi connectivity index (χ0n) is 8.54. The molecule has 0 saturated carbocycles. The summed E-state index contributed by atoms with van der Waals surface area (Å²) in [4.78, 5) is 0. The number of hydrogen-bond acceptors (Lipinski definition) is 3. The Kier molecular flexibility index (Phi) is 10.6. The zero-order valence-corrected chi connectivity index (χ0v) is 9.35. The van der Waals surface area contributed by atoms with Gasteiger partial charge in [0, 0.05) is 5.75 Å². The lowest BCUT2D eigenvalue weighted by Gasteiger charge is -2.05. The summed E-state index contributed by atoms with van der Waals surface area (Å²) in [6, 6.07) is 0. The molecule has 0 bridgehead atoms. The second-order valence-corrected chi connectivity index (χ2v) is 4.48. The third-order valence-corrected chi connectivity index (χ3v) is 3.11. The van der Waals surface area contributed by atoms with Crippen LogP contribution in [0.25, 0.3) is 0 Å². The van der Waals surface area contributed by atoms with Gasteiger partial charge in [0.2, 0.25) is 0 Å². The van der Waals surface area contributed by atoms with Crippen LogP contribution in [0.1, 0.15) is 39.0 Å². The molecule has 0 radical (unpaired) electrons. The second kappa shape index (κ2) is 10.4. The second-order valence-electron chi connectivity index (χ2n) is 3.33. The van der Waals surface area contributed by atoms with E-state index in [2.05, 4.69) is 6.92 Å². The highest BCUT2D eigenvalue weighted by Gasteiger charge is 2.00. The van der Waals surface area contributed by atoms with Crippen LogP contribution in [0, 0.1) is 0 Å². The largest absolute Gasteiger partial charge is 0.394 e. The Balaban J connectivity index is 2.91. The lowest BCUT2D eigenvalue weighted by molar-refractivity contribution is 0.113. The minimum absolute atomic E-state index is 0.108. The van der Waals surface area contributed by atoms with E-state index < -0.39 is 6.10 Å². The van der Waals surface area contributed by atoms with Crippen molar-refractivity contribution in [3.63, 3.8) is 0 Å². The van der Waals surface area contributed by atoms with Crippen LogP contribution in [0.15, 0.2) is 0 Å². The fourth-order valence-electron chi connectivity index (χ4n) is 1.08. The van der Waals surface area contributed by atoms with Crippen molar-refractivity contribution >= 4 is 11.8 Å². The van der Waals surface area contributed by atoms with Crippen molar-refractivity contribution in [3.8, 4) is 0 Å².